The highest BCUT2D eigenvalue weighted by Gasteiger charge is 2.53. The molecule has 4 saturated carbocycles. The van der Waals surface area contributed by atoms with E-state index in [4.69, 9.17) is 16.3 Å². The van der Waals surface area contributed by atoms with E-state index in [1.54, 1.807) is 13.8 Å². The monoisotopic (exact) mass is 1530 g/mol. The first kappa shape index (κ1) is 86.4. The number of amides is 12. The number of likely N-dealkylation sites (N-methyl/N-ethyl adjacent to an activating group) is 6. The van der Waals surface area contributed by atoms with E-state index in [1.165, 1.54) is 72.9 Å². The van der Waals surface area contributed by atoms with Crippen molar-refractivity contribution >= 4 is 82.5 Å². The summed E-state index contributed by atoms with van der Waals surface area (Å²) in [5.41, 5.74) is -1.62. The number of ether oxygens (including phenoxy) is 1. The molecule has 598 valence electrons. The Morgan fingerprint density at radius 1 is 0.642 bits per heavy atom. The zero-order chi connectivity index (χ0) is 78.4. The summed E-state index contributed by atoms with van der Waals surface area (Å²) in [5.74, 6) is -14.4. The quantitative estimate of drug-likeness (QED) is 0.104. The Bertz CT molecular complexity index is 3120. The molecule has 25 nitrogen and oxygen atoms in total. The third kappa shape index (κ3) is 21.8. The van der Waals surface area contributed by atoms with Crippen LogP contribution in [-0.4, -0.2) is 282 Å². The van der Waals surface area contributed by atoms with Crippen LogP contribution in [0.2, 0.25) is 0 Å². The number of nitrogens with zero attached hydrogens (tertiary/aromatic N) is 9. The Morgan fingerprint density at radius 2 is 1.25 bits per heavy atom. The van der Waals surface area contributed by atoms with Crippen molar-refractivity contribution in [1.82, 2.24) is 60.0 Å². The van der Waals surface area contributed by atoms with Gasteiger partial charge in [-0.1, -0.05) is 65.9 Å². The normalized spacial score (nSPS) is 30.3. The average Bonchev–Trinajstić information content (AvgIpc) is 1.56. The molecule has 12 amide bonds. The van der Waals surface area contributed by atoms with Crippen LogP contribution in [0, 0.1) is 41.4 Å². The van der Waals surface area contributed by atoms with Gasteiger partial charge in [0.25, 0.3) is 0 Å². The number of hydrogen-bond acceptors (Lipinski definition) is 13. The second-order valence-electron chi connectivity index (χ2n) is 31.5. The van der Waals surface area contributed by atoms with E-state index in [0.29, 0.717) is 44.9 Å². The third-order valence-electron chi connectivity index (χ3n) is 23.6. The first-order valence-electron chi connectivity index (χ1n) is 38.1. The standard InChI is InChI=1S/C74H115ClF6N12O13/c1-12-32-92-57(40-48-22-26-50(27-23-48)73(76,77)78)67(101)86(7)42-58(94)82-53(29-25-47-24-28-51(52(75)39-47)74(79,80)81)66(100)93-33-18-21-54(93)65(99)84-72(30-16-17-31-72)71(105)90(11)63(49-19-14-15-20-49)70(104)89(10)56(68(102)91-34-36-106-37-35-91)41-59(95)88(9)55(38-45(3)4)64(98)83-62(46(5)13-2)69(103)87(8)43-60(96)85(6)44-61(92)97/h12,45-57,62-63H,1,13-44H2,2-11H3,(H,82,94)(H,83,98)(H,84,99)/t46-,47?,48?,50?,51?,52?,53-,54-,55-,56-,57-,62-,63-/m0/s1. The van der Waals surface area contributed by atoms with E-state index in [2.05, 4.69) is 22.5 Å². The van der Waals surface area contributed by atoms with Gasteiger partial charge in [-0.15, -0.1) is 18.2 Å². The molecule has 7 aliphatic rings. The number of alkyl halides is 7. The summed E-state index contributed by atoms with van der Waals surface area (Å²) in [7, 11) is 8.14. The van der Waals surface area contributed by atoms with Crippen molar-refractivity contribution in [2.45, 2.75) is 241 Å². The van der Waals surface area contributed by atoms with Crippen LogP contribution in [0.3, 0.4) is 0 Å². The number of fused-ring (bicyclic) bond motifs is 1. The van der Waals surface area contributed by atoms with E-state index < -0.39 is 198 Å². The molecule has 4 aliphatic carbocycles. The van der Waals surface area contributed by atoms with Gasteiger partial charge in [-0.05, 0) is 139 Å². The van der Waals surface area contributed by atoms with Gasteiger partial charge < -0.3 is 64.8 Å². The maximum absolute atomic E-state index is 15.7. The number of morpholine rings is 1. The smallest absolute Gasteiger partial charge is 0.378 e. The second kappa shape index (κ2) is 38.0. The van der Waals surface area contributed by atoms with Crippen molar-refractivity contribution in [3.63, 3.8) is 0 Å². The highest BCUT2D eigenvalue weighted by atomic mass is 35.5. The van der Waals surface area contributed by atoms with Crippen molar-refractivity contribution in [3.8, 4) is 0 Å². The lowest BCUT2D eigenvalue weighted by atomic mass is 9.78. The molecule has 11 atom stereocenters. The summed E-state index contributed by atoms with van der Waals surface area (Å²) in [4.78, 5) is 191. The van der Waals surface area contributed by atoms with E-state index in [1.807, 2.05) is 13.8 Å². The molecular weight excluding hydrogens is 1410 g/mol. The lowest BCUT2D eigenvalue weighted by Gasteiger charge is -2.42. The zero-order valence-corrected chi connectivity index (χ0v) is 64.3. The molecule has 0 bridgehead atoms. The van der Waals surface area contributed by atoms with Gasteiger partial charge in [0, 0.05) is 73.8 Å². The summed E-state index contributed by atoms with van der Waals surface area (Å²) >= 11 is 6.40. The van der Waals surface area contributed by atoms with Crippen molar-refractivity contribution in [2.24, 2.45) is 41.4 Å². The van der Waals surface area contributed by atoms with Crippen LogP contribution in [-0.2, 0) is 62.3 Å². The van der Waals surface area contributed by atoms with Crippen molar-refractivity contribution in [1.29, 1.82) is 0 Å². The maximum atomic E-state index is 15.7. The van der Waals surface area contributed by atoms with Crippen LogP contribution in [0.4, 0.5) is 26.3 Å². The average molecular weight is 1530 g/mol. The van der Waals surface area contributed by atoms with E-state index in [9.17, 15) is 50.3 Å². The fraction of sp³-hybridized carbons (Fsp3) is 0.811. The van der Waals surface area contributed by atoms with Gasteiger partial charge in [0.2, 0.25) is 70.9 Å². The molecule has 3 aliphatic heterocycles. The van der Waals surface area contributed by atoms with E-state index in [0.717, 1.165) is 19.6 Å². The maximum Gasteiger partial charge on any atom is 0.393 e. The molecule has 0 radical (unpaired) electrons. The predicted octanol–water partition coefficient (Wildman–Crippen LogP) is 6.29. The Labute approximate surface area is 624 Å². The molecule has 0 aromatic carbocycles. The number of carbonyl (C=O) groups is 12. The van der Waals surface area contributed by atoms with Crippen LogP contribution < -0.4 is 16.0 Å². The minimum Gasteiger partial charge on any atom is -0.378 e. The highest BCUT2D eigenvalue weighted by Crippen LogP contribution is 2.45. The fourth-order valence-electron chi connectivity index (χ4n) is 16.9. The first-order valence-corrected chi connectivity index (χ1v) is 38.6. The van der Waals surface area contributed by atoms with Gasteiger partial charge in [-0.2, -0.15) is 26.3 Å². The molecule has 0 aromatic heterocycles. The molecule has 3 N–H and O–H groups in total. The van der Waals surface area contributed by atoms with Crippen molar-refractivity contribution in [3.05, 3.63) is 12.7 Å². The lowest BCUT2D eigenvalue weighted by molar-refractivity contribution is -0.184. The molecular formula is C74H115ClF6N12O13. The SMILES string of the molecule is C=CCN1C(=O)CN(C)C(=O)CN(C)C(=O)[C@H]([C@@H](C)CC)NC(=O)[C@H](CC(C)C)N(C)C(=O)C[C@@H](C(=O)N2CCOCC2)N(C)C(=O)[C@H](C2CCCC2)N(C)C(=O)C2(CCCC2)NC(=O)[C@@H]2CCCN2C(=O)[C@H](CCC2CCC(C(F)(F)F)C(Cl)C2)NC(=O)CN(C)C(=O)[C@@H]1CC1CCC(C(F)(F)F)CC1. The number of carbonyl (C=O) groups excluding carboxylic acids is 12. The number of nitrogens with one attached hydrogen (secondary N) is 3. The molecule has 3 heterocycles. The fourth-order valence-corrected chi connectivity index (χ4v) is 17.4. The minimum atomic E-state index is -4.56. The largest absolute Gasteiger partial charge is 0.393 e. The molecule has 7 fully saturated rings. The summed E-state index contributed by atoms with van der Waals surface area (Å²) in [6.07, 6.45) is -4.86. The number of hydrogen-bond donors (Lipinski definition) is 3. The first-order chi connectivity index (χ1) is 49.8. The predicted molar refractivity (Wildman–Crippen MR) is 381 cm³/mol. The Balaban J connectivity index is 1.29. The third-order valence-corrected chi connectivity index (χ3v) is 24.1. The Kier molecular flexibility index (Phi) is 31.0. The zero-order valence-electron chi connectivity index (χ0n) is 63.6. The molecule has 1 spiro atoms. The Hall–Kier alpha value is -6.79. The van der Waals surface area contributed by atoms with Crippen LogP contribution in [0.15, 0.2) is 12.7 Å². The molecule has 7 rings (SSSR count). The van der Waals surface area contributed by atoms with Gasteiger partial charge in [0.15, 0.2) is 0 Å². The number of rotatable bonds is 13. The van der Waals surface area contributed by atoms with Gasteiger partial charge >= 0.3 is 12.4 Å². The molecule has 0 aromatic rings. The molecule has 32 heteroatoms. The topological polar surface area (TPSA) is 279 Å². The summed E-state index contributed by atoms with van der Waals surface area (Å²) < 4.78 is 89.9. The lowest BCUT2D eigenvalue weighted by Crippen LogP contribution is -2.65. The summed E-state index contributed by atoms with van der Waals surface area (Å²) in [6.45, 7) is 9.12. The summed E-state index contributed by atoms with van der Waals surface area (Å²) in [5, 5.41) is 7.38. The van der Waals surface area contributed by atoms with Gasteiger partial charge in [0.1, 0.15) is 47.8 Å². The van der Waals surface area contributed by atoms with Crippen LogP contribution >= 0.6 is 11.6 Å². The van der Waals surface area contributed by atoms with Crippen LogP contribution in [0.1, 0.15) is 175 Å². The molecule has 3 unspecified atom stereocenters. The van der Waals surface area contributed by atoms with Crippen LogP contribution in [0.5, 0.6) is 0 Å². The van der Waals surface area contributed by atoms with Crippen molar-refractivity contribution < 1.29 is 88.6 Å². The van der Waals surface area contributed by atoms with Crippen molar-refractivity contribution in [2.75, 3.05) is 101 Å². The summed E-state index contributed by atoms with van der Waals surface area (Å²) in [6, 6.07) is -9.40. The highest BCUT2D eigenvalue weighted by molar-refractivity contribution is 6.21. The van der Waals surface area contributed by atoms with Gasteiger partial charge in [-0.25, -0.2) is 0 Å². The minimum absolute atomic E-state index is 0.00415. The molecule has 106 heavy (non-hydrogen) atoms. The van der Waals surface area contributed by atoms with Crippen LogP contribution in [0.25, 0.3) is 0 Å². The van der Waals surface area contributed by atoms with Gasteiger partial charge in [-0.3, -0.25) is 57.5 Å². The molecule has 3 saturated heterocycles. The Morgan fingerprint density at radius 3 is 1.84 bits per heavy atom. The number of halogens is 7. The van der Waals surface area contributed by atoms with E-state index >= 15 is 33.6 Å². The van der Waals surface area contributed by atoms with Gasteiger partial charge in [0.05, 0.1) is 51.1 Å². The van der Waals surface area contributed by atoms with E-state index in [-0.39, 0.29) is 142 Å². The second-order valence-corrected chi connectivity index (χ2v) is 32.1.